The van der Waals surface area contributed by atoms with E-state index in [-0.39, 0.29) is 11.2 Å². The number of fused-ring (bicyclic) bond motifs is 2. The minimum atomic E-state index is -0.161. The van der Waals surface area contributed by atoms with Gasteiger partial charge < -0.3 is 9.72 Å². The third-order valence-corrected chi connectivity index (χ3v) is 3.40. The lowest BCUT2D eigenvalue weighted by atomic mass is 9.93. The van der Waals surface area contributed by atoms with Gasteiger partial charge in [-0.25, -0.2) is 0 Å². The number of methoxy groups -OCH3 is 1. The van der Waals surface area contributed by atoms with Gasteiger partial charge in [0.25, 0.3) is 0 Å². The number of hydrogen-bond acceptors (Lipinski definition) is 3. The zero-order chi connectivity index (χ0) is 12.7. The van der Waals surface area contributed by atoms with Crippen molar-refractivity contribution in [3.63, 3.8) is 0 Å². The molecule has 1 aromatic heterocycles. The summed E-state index contributed by atoms with van der Waals surface area (Å²) in [5, 5.41) is 0.546. The smallest absolute Gasteiger partial charge is 0.200 e. The number of pyridine rings is 1. The number of aromatic amines is 1. The average Bonchev–Trinajstić information content (AvgIpc) is 2.38. The van der Waals surface area contributed by atoms with E-state index in [1.54, 1.807) is 25.3 Å². The highest BCUT2D eigenvalue weighted by Crippen LogP contribution is 2.22. The summed E-state index contributed by atoms with van der Waals surface area (Å²) in [4.78, 5) is 27.3. The van der Waals surface area contributed by atoms with Crippen molar-refractivity contribution in [1.29, 1.82) is 0 Å². The average molecular weight is 243 g/mol. The van der Waals surface area contributed by atoms with Crippen LogP contribution in [0.2, 0.25) is 0 Å². The molecule has 1 aromatic carbocycles. The van der Waals surface area contributed by atoms with Crippen LogP contribution in [0.4, 0.5) is 0 Å². The van der Waals surface area contributed by atoms with Crippen LogP contribution in [-0.4, -0.2) is 17.9 Å². The molecule has 3 rings (SSSR count). The summed E-state index contributed by atoms with van der Waals surface area (Å²) in [6, 6.07) is 5.22. The Bertz CT molecular complexity index is 700. The highest BCUT2D eigenvalue weighted by atomic mass is 16.5. The van der Waals surface area contributed by atoms with E-state index in [1.807, 2.05) is 0 Å². The number of aryl methyl sites for hydroxylation is 1. The molecular formula is C14H13NO3. The molecular weight excluding hydrogens is 230 g/mol. The second kappa shape index (κ2) is 3.98. The number of rotatable bonds is 1. The molecule has 0 amide bonds. The van der Waals surface area contributed by atoms with Crippen LogP contribution in [0.1, 0.15) is 28.9 Å². The number of aromatic nitrogens is 1. The van der Waals surface area contributed by atoms with E-state index in [2.05, 4.69) is 4.98 Å². The third-order valence-electron chi connectivity index (χ3n) is 3.40. The molecule has 18 heavy (non-hydrogen) atoms. The van der Waals surface area contributed by atoms with Gasteiger partial charge in [-0.05, 0) is 25.0 Å². The second-order valence-electron chi connectivity index (χ2n) is 4.50. The number of carbonyl (C=O) groups excluding carboxylic acids is 1. The Balaban J connectivity index is 2.36. The van der Waals surface area contributed by atoms with Gasteiger partial charge in [0.05, 0.1) is 18.2 Å². The fourth-order valence-corrected chi connectivity index (χ4v) is 2.48. The normalized spacial score (nSPS) is 14.6. The Morgan fingerprint density at radius 2 is 2.06 bits per heavy atom. The summed E-state index contributed by atoms with van der Waals surface area (Å²) >= 11 is 0. The molecule has 92 valence electrons. The number of H-pyrrole nitrogens is 1. The largest absolute Gasteiger partial charge is 0.497 e. The van der Waals surface area contributed by atoms with Crippen LogP contribution in [0, 0.1) is 0 Å². The molecule has 0 saturated carbocycles. The summed E-state index contributed by atoms with van der Waals surface area (Å²) in [6.07, 6.45) is 2.03. The molecule has 0 spiro atoms. The van der Waals surface area contributed by atoms with Crippen molar-refractivity contribution in [3.05, 3.63) is 39.7 Å². The number of carbonyl (C=O) groups is 1. The maximum Gasteiger partial charge on any atom is 0.200 e. The Morgan fingerprint density at radius 1 is 1.22 bits per heavy atom. The molecule has 0 aliphatic heterocycles. The number of hydrogen-bond donors (Lipinski definition) is 1. The van der Waals surface area contributed by atoms with Gasteiger partial charge in [0.1, 0.15) is 5.75 Å². The van der Waals surface area contributed by atoms with Gasteiger partial charge in [-0.2, -0.15) is 0 Å². The molecule has 0 unspecified atom stereocenters. The lowest BCUT2D eigenvalue weighted by molar-refractivity contribution is 0.0970. The first-order chi connectivity index (χ1) is 8.70. The second-order valence-corrected chi connectivity index (χ2v) is 4.50. The van der Waals surface area contributed by atoms with Crippen LogP contribution in [0.3, 0.4) is 0 Å². The number of benzene rings is 1. The number of nitrogens with one attached hydrogen (secondary N) is 1. The van der Waals surface area contributed by atoms with Crippen LogP contribution in [-0.2, 0) is 6.42 Å². The quantitative estimate of drug-likeness (QED) is 0.834. The molecule has 1 heterocycles. The molecule has 1 N–H and O–H groups in total. The standard InChI is InChI=1S/C14H13NO3/c1-18-8-5-6-9-11(7-8)15-10-3-2-4-12(16)13(10)14(9)17/h5-7H,2-4H2,1H3,(H,15,17). The van der Waals surface area contributed by atoms with Gasteiger partial charge in [-0.15, -0.1) is 0 Å². The first-order valence-corrected chi connectivity index (χ1v) is 5.97. The molecule has 4 heteroatoms. The third kappa shape index (κ3) is 1.53. The summed E-state index contributed by atoms with van der Waals surface area (Å²) in [5.74, 6) is 0.649. The topological polar surface area (TPSA) is 59.2 Å². The molecule has 1 aliphatic carbocycles. The van der Waals surface area contributed by atoms with E-state index in [4.69, 9.17) is 4.74 Å². The minimum absolute atomic E-state index is 0.0461. The molecule has 0 radical (unpaired) electrons. The Labute approximate surface area is 104 Å². The molecule has 0 atom stereocenters. The molecule has 2 aromatic rings. The van der Waals surface area contributed by atoms with Crippen molar-refractivity contribution < 1.29 is 9.53 Å². The van der Waals surface area contributed by atoms with Crippen LogP contribution >= 0.6 is 0 Å². The summed E-state index contributed by atoms with van der Waals surface area (Å²) in [7, 11) is 1.58. The Morgan fingerprint density at radius 3 is 2.83 bits per heavy atom. The SMILES string of the molecule is COc1ccc2c(=O)c3c([nH]c2c1)CCCC3=O. The first-order valence-electron chi connectivity index (χ1n) is 5.97. The number of ketones is 1. The van der Waals surface area contributed by atoms with Gasteiger partial charge in [0.2, 0.25) is 0 Å². The van der Waals surface area contributed by atoms with Crippen molar-refractivity contribution in [2.24, 2.45) is 0 Å². The molecule has 0 fully saturated rings. The summed E-state index contributed by atoms with van der Waals surface area (Å²) in [5.41, 5.74) is 1.68. The van der Waals surface area contributed by atoms with Gasteiger partial charge in [0, 0.05) is 23.6 Å². The maximum atomic E-state index is 12.3. The van der Waals surface area contributed by atoms with E-state index < -0.39 is 0 Å². The maximum absolute atomic E-state index is 12.3. The zero-order valence-electron chi connectivity index (χ0n) is 10.1. The lowest BCUT2D eigenvalue weighted by Crippen LogP contribution is -2.23. The zero-order valence-corrected chi connectivity index (χ0v) is 10.1. The Kier molecular flexibility index (Phi) is 2.44. The summed E-state index contributed by atoms with van der Waals surface area (Å²) < 4.78 is 5.14. The van der Waals surface area contributed by atoms with Crippen molar-refractivity contribution >= 4 is 16.7 Å². The fourth-order valence-electron chi connectivity index (χ4n) is 2.48. The summed E-state index contributed by atoms with van der Waals surface area (Å²) in [6.45, 7) is 0. The van der Waals surface area contributed by atoms with Crippen LogP contribution in [0.5, 0.6) is 5.75 Å². The first kappa shape index (κ1) is 11.0. The minimum Gasteiger partial charge on any atom is -0.497 e. The fraction of sp³-hybridized carbons (Fsp3) is 0.286. The highest BCUT2D eigenvalue weighted by molar-refractivity contribution is 6.00. The van der Waals surface area contributed by atoms with Gasteiger partial charge in [0.15, 0.2) is 11.2 Å². The van der Waals surface area contributed by atoms with E-state index in [0.29, 0.717) is 23.1 Å². The van der Waals surface area contributed by atoms with E-state index >= 15 is 0 Å². The van der Waals surface area contributed by atoms with Crippen molar-refractivity contribution in [2.75, 3.05) is 7.11 Å². The molecule has 1 aliphatic rings. The number of ether oxygens (including phenoxy) is 1. The monoisotopic (exact) mass is 243 g/mol. The lowest BCUT2D eigenvalue weighted by Gasteiger charge is -2.15. The van der Waals surface area contributed by atoms with Crippen molar-refractivity contribution in [3.8, 4) is 5.75 Å². The predicted octanol–water partition coefficient (Wildman–Crippen LogP) is 2.06. The molecule has 0 bridgehead atoms. The van der Waals surface area contributed by atoms with Crippen LogP contribution in [0.25, 0.3) is 10.9 Å². The number of Topliss-reactive ketones (excluding diaryl/α,β-unsaturated/α-hetero) is 1. The van der Waals surface area contributed by atoms with E-state index in [9.17, 15) is 9.59 Å². The van der Waals surface area contributed by atoms with E-state index in [0.717, 1.165) is 24.1 Å². The predicted molar refractivity (Wildman–Crippen MR) is 68.4 cm³/mol. The molecule has 4 nitrogen and oxygen atoms in total. The van der Waals surface area contributed by atoms with Crippen LogP contribution in [0.15, 0.2) is 23.0 Å². The van der Waals surface area contributed by atoms with Gasteiger partial charge >= 0.3 is 0 Å². The van der Waals surface area contributed by atoms with Crippen LogP contribution < -0.4 is 10.2 Å². The van der Waals surface area contributed by atoms with Gasteiger partial charge in [-0.1, -0.05) is 0 Å². The van der Waals surface area contributed by atoms with Crippen molar-refractivity contribution in [2.45, 2.75) is 19.3 Å². The van der Waals surface area contributed by atoms with Crippen molar-refractivity contribution in [1.82, 2.24) is 4.98 Å². The highest BCUT2D eigenvalue weighted by Gasteiger charge is 2.22. The van der Waals surface area contributed by atoms with E-state index in [1.165, 1.54) is 0 Å². The van der Waals surface area contributed by atoms with Gasteiger partial charge in [-0.3, -0.25) is 9.59 Å². The Hall–Kier alpha value is -2.10. The molecule has 0 saturated heterocycles.